The van der Waals surface area contributed by atoms with Crippen LogP contribution in [0.15, 0.2) is 18.2 Å². The van der Waals surface area contributed by atoms with Gasteiger partial charge >= 0.3 is 0 Å². The Kier molecular flexibility index (Phi) is 3.72. The molecule has 0 radical (unpaired) electrons. The number of benzene rings is 1. The number of carbonyl (C=O) groups excluding carboxylic acids is 1. The summed E-state index contributed by atoms with van der Waals surface area (Å²) in [5, 5.41) is 12.7. The first kappa shape index (κ1) is 12.7. The number of hydrogen-bond acceptors (Lipinski definition) is 4. The largest absolute Gasteiger partial charge is 0.399 e. The van der Waals surface area contributed by atoms with Gasteiger partial charge < -0.3 is 21.9 Å². The summed E-state index contributed by atoms with van der Waals surface area (Å²) in [6.07, 6.45) is 2.48. The molecule has 5 nitrogen and oxygen atoms in total. The lowest BCUT2D eigenvalue weighted by molar-refractivity contribution is 0.100. The van der Waals surface area contributed by atoms with Crippen molar-refractivity contribution >= 4 is 17.3 Å². The number of nitrogen functional groups attached to an aromatic ring is 1. The zero-order chi connectivity index (χ0) is 13.1. The summed E-state index contributed by atoms with van der Waals surface area (Å²) in [4.78, 5) is 11.3. The van der Waals surface area contributed by atoms with Gasteiger partial charge in [0.25, 0.3) is 5.91 Å². The minimum atomic E-state index is -0.469. The lowest BCUT2D eigenvalue weighted by atomic mass is 10.1. The molecule has 1 amide bonds. The van der Waals surface area contributed by atoms with E-state index >= 15 is 0 Å². The molecule has 0 heterocycles. The predicted molar refractivity (Wildman–Crippen MR) is 71.2 cm³/mol. The SMILES string of the molecule is NC(=O)c1ccc(N)cc1NCC1CCC(O)C1. The summed E-state index contributed by atoms with van der Waals surface area (Å²) < 4.78 is 0. The first-order valence-corrected chi connectivity index (χ1v) is 6.17. The van der Waals surface area contributed by atoms with Crippen molar-refractivity contribution in [3.8, 4) is 0 Å². The van der Waals surface area contributed by atoms with Crippen molar-refractivity contribution < 1.29 is 9.90 Å². The molecule has 1 aromatic rings. The van der Waals surface area contributed by atoms with Gasteiger partial charge in [-0.1, -0.05) is 0 Å². The molecule has 1 fully saturated rings. The van der Waals surface area contributed by atoms with Crippen LogP contribution in [0.2, 0.25) is 0 Å². The molecule has 1 aliphatic carbocycles. The summed E-state index contributed by atoms with van der Waals surface area (Å²) >= 11 is 0. The maximum Gasteiger partial charge on any atom is 0.250 e. The number of carbonyl (C=O) groups is 1. The van der Waals surface area contributed by atoms with Crippen LogP contribution in [0.5, 0.6) is 0 Å². The van der Waals surface area contributed by atoms with Gasteiger partial charge in [-0.05, 0) is 43.4 Å². The number of anilines is 2. The number of hydrogen-bond donors (Lipinski definition) is 4. The molecule has 1 aromatic carbocycles. The van der Waals surface area contributed by atoms with Gasteiger partial charge in [0.1, 0.15) is 0 Å². The number of aliphatic hydroxyl groups is 1. The molecule has 0 bridgehead atoms. The highest BCUT2D eigenvalue weighted by Crippen LogP contribution is 2.26. The van der Waals surface area contributed by atoms with E-state index in [1.165, 1.54) is 0 Å². The quantitative estimate of drug-likeness (QED) is 0.596. The fourth-order valence-electron chi connectivity index (χ4n) is 2.41. The van der Waals surface area contributed by atoms with Crippen LogP contribution >= 0.6 is 0 Å². The van der Waals surface area contributed by atoms with E-state index in [-0.39, 0.29) is 6.10 Å². The Morgan fingerprint density at radius 3 is 2.83 bits per heavy atom. The zero-order valence-electron chi connectivity index (χ0n) is 10.2. The van der Waals surface area contributed by atoms with E-state index in [1.54, 1.807) is 18.2 Å². The van der Waals surface area contributed by atoms with Crippen LogP contribution in [-0.2, 0) is 0 Å². The highest BCUT2D eigenvalue weighted by atomic mass is 16.3. The zero-order valence-corrected chi connectivity index (χ0v) is 10.2. The molecule has 2 atom stereocenters. The minimum absolute atomic E-state index is 0.187. The van der Waals surface area contributed by atoms with Crippen LogP contribution < -0.4 is 16.8 Å². The molecule has 2 unspecified atom stereocenters. The number of rotatable bonds is 4. The molecule has 18 heavy (non-hydrogen) atoms. The molecule has 0 aliphatic heterocycles. The van der Waals surface area contributed by atoms with Crippen molar-refractivity contribution in [1.29, 1.82) is 0 Å². The first-order valence-electron chi connectivity index (χ1n) is 6.17. The molecule has 2 rings (SSSR count). The Balaban J connectivity index is 2.04. The summed E-state index contributed by atoms with van der Waals surface area (Å²) in [5.74, 6) is -0.0360. The van der Waals surface area contributed by atoms with Crippen molar-refractivity contribution in [2.75, 3.05) is 17.6 Å². The van der Waals surface area contributed by atoms with Crippen LogP contribution in [0.1, 0.15) is 29.6 Å². The van der Waals surface area contributed by atoms with Gasteiger partial charge in [0.05, 0.1) is 11.7 Å². The minimum Gasteiger partial charge on any atom is -0.399 e. The van der Waals surface area contributed by atoms with Crippen molar-refractivity contribution in [2.45, 2.75) is 25.4 Å². The molecule has 98 valence electrons. The normalized spacial score (nSPS) is 22.9. The van der Waals surface area contributed by atoms with E-state index in [0.29, 0.717) is 22.9 Å². The number of amides is 1. The Morgan fingerprint density at radius 2 is 2.22 bits per heavy atom. The molecule has 6 N–H and O–H groups in total. The van der Waals surface area contributed by atoms with E-state index in [2.05, 4.69) is 5.32 Å². The Morgan fingerprint density at radius 1 is 1.44 bits per heavy atom. The lowest BCUT2D eigenvalue weighted by Crippen LogP contribution is -2.18. The Labute approximate surface area is 106 Å². The summed E-state index contributed by atoms with van der Waals surface area (Å²) in [6, 6.07) is 5.00. The summed E-state index contributed by atoms with van der Waals surface area (Å²) in [7, 11) is 0. The van der Waals surface area contributed by atoms with Gasteiger partial charge in [-0.3, -0.25) is 4.79 Å². The van der Waals surface area contributed by atoms with Crippen molar-refractivity contribution in [1.82, 2.24) is 0 Å². The van der Waals surface area contributed by atoms with Crippen LogP contribution in [0, 0.1) is 5.92 Å². The second kappa shape index (κ2) is 5.27. The molecular weight excluding hydrogens is 230 g/mol. The average Bonchev–Trinajstić information content (AvgIpc) is 2.72. The fraction of sp³-hybridized carbons (Fsp3) is 0.462. The van der Waals surface area contributed by atoms with Crippen LogP contribution in [0.3, 0.4) is 0 Å². The van der Waals surface area contributed by atoms with Gasteiger partial charge in [0.2, 0.25) is 0 Å². The summed E-state index contributed by atoms with van der Waals surface area (Å²) in [5.41, 5.74) is 12.7. The van der Waals surface area contributed by atoms with Gasteiger partial charge in [-0.15, -0.1) is 0 Å². The topological polar surface area (TPSA) is 101 Å². The smallest absolute Gasteiger partial charge is 0.250 e. The third-order valence-electron chi connectivity index (χ3n) is 3.40. The van der Waals surface area contributed by atoms with Gasteiger partial charge in [-0.2, -0.15) is 0 Å². The fourth-order valence-corrected chi connectivity index (χ4v) is 2.41. The summed E-state index contributed by atoms with van der Waals surface area (Å²) in [6.45, 7) is 0.723. The van der Waals surface area contributed by atoms with Crippen molar-refractivity contribution in [3.05, 3.63) is 23.8 Å². The lowest BCUT2D eigenvalue weighted by Gasteiger charge is -2.14. The van der Waals surface area contributed by atoms with E-state index < -0.39 is 5.91 Å². The van der Waals surface area contributed by atoms with E-state index in [4.69, 9.17) is 11.5 Å². The van der Waals surface area contributed by atoms with Crippen LogP contribution in [0.4, 0.5) is 11.4 Å². The van der Waals surface area contributed by atoms with E-state index in [1.807, 2.05) is 0 Å². The van der Waals surface area contributed by atoms with Crippen molar-refractivity contribution in [3.63, 3.8) is 0 Å². The van der Waals surface area contributed by atoms with E-state index in [0.717, 1.165) is 25.8 Å². The predicted octanol–water partition coefficient (Wildman–Crippen LogP) is 0.941. The standard InChI is InChI=1S/C13H19N3O2/c14-9-2-4-11(13(15)18)12(6-9)16-7-8-1-3-10(17)5-8/h2,4,6,8,10,16-17H,1,3,5,7,14H2,(H2,15,18). The molecule has 0 saturated heterocycles. The van der Waals surface area contributed by atoms with Crippen LogP contribution in [-0.4, -0.2) is 23.7 Å². The molecule has 5 heteroatoms. The first-order chi connectivity index (χ1) is 8.56. The second-order valence-electron chi connectivity index (χ2n) is 4.88. The number of nitrogens with two attached hydrogens (primary N) is 2. The molecule has 1 saturated carbocycles. The molecule has 0 spiro atoms. The van der Waals surface area contributed by atoms with E-state index in [9.17, 15) is 9.90 Å². The molecule has 1 aliphatic rings. The van der Waals surface area contributed by atoms with Gasteiger partial charge in [0, 0.05) is 17.9 Å². The Hall–Kier alpha value is -1.75. The van der Waals surface area contributed by atoms with Gasteiger partial charge in [-0.25, -0.2) is 0 Å². The van der Waals surface area contributed by atoms with Gasteiger partial charge in [0.15, 0.2) is 0 Å². The highest BCUT2D eigenvalue weighted by Gasteiger charge is 2.22. The third kappa shape index (κ3) is 2.92. The monoisotopic (exact) mass is 249 g/mol. The third-order valence-corrected chi connectivity index (χ3v) is 3.40. The number of nitrogens with one attached hydrogen (secondary N) is 1. The molecule has 0 aromatic heterocycles. The number of primary amides is 1. The Bertz CT molecular complexity index is 448. The second-order valence-corrected chi connectivity index (χ2v) is 4.88. The maximum atomic E-state index is 11.3. The van der Waals surface area contributed by atoms with Crippen LogP contribution in [0.25, 0.3) is 0 Å². The number of aliphatic hydroxyl groups excluding tert-OH is 1. The maximum absolute atomic E-state index is 11.3. The average molecular weight is 249 g/mol. The highest BCUT2D eigenvalue weighted by molar-refractivity contribution is 5.99. The molecular formula is C13H19N3O2. The van der Waals surface area contributed by atoms with Crippen molar-refractivity contribution in [2.24, 2.45) is 11.7 Å².